The van der Waals surface area contributed by atoms with Gasteiger partial charge in [0.1, 0.15) is 0 Å². The summed E-state index contributed by atoms with van der Waals surface area (Å²) in [7, 11) is 0. The zero-order chi connectivity index (χ0) is 19.6. The van der Waals surface area contributed by atoms with Crippen LogP contribution in [0.2, 0.25) is 0 Å². The predicted octanol–water partition coefficient (Wildman–Crippen LogP) is 10.2. The van der Waals surface area contributed by atoms with Crippen molar-refractivity contribution in [3.63, 3.8) is 0 Å². The number of hydrogen-bond acceptors (Lipinski definition) is 4. The zero-order valence-corrected chi connectivity index (χ0v) is 20.4. The lowest BCUT2D eigenvalue weighted by atomic mass is 10.1. The van der Waals surface area contributed by atoms with Crippen LogP contribution in [0, 0.1) is 0 Å². The zero-order valence-electron chi connectivity index (χ0n) is 17.2. The molecule has 0 saturated carbocycles. The van der Waals surface area contributed by atoms with E-state index in [1.165, 1.54) is 73.6 Å². The van der Waals surface area contributed by atoms with Gasteiger partial charge in [-0.15, -0.1) is 45.3 Å². The molecule has 4 aromatic heterocycles. The van der Waals surface area contributed by atoms with Crippen LogP contribution >= 0.6 is 45.3 Å². The molecule has 0 aromatic carbocycles. The van der Waals surface area contributed by atoms with Crippen LogP contribution in [0.1, 0.15) is 76.3 Å². The van der Waals surface area contributed by atoms with E-state index in [1.807, 2.05) is 22.7 Å². The highest BCUT2D eigenvalue weighted by Crippen LogP contribution is 2.36. The lowest BCUT2D eigenvalue weighted by Crippen LogP contribution is -1.83. The molecule has 28 heavy (non-hydrogen) atoms. The van der Waals surface area contributed by atoms with Gasteiger partial charge in [0.2, 0.25) is 0 Å². The Balaban J connectivity index is 0.000000231. The third-order valence-electron chi connectivity index (χ3n) is 5.10. The summed E-state index contributed by atoms with van der Waals surface area (Å²) in [5.74, 6) is 0. The quantitative estimate of drug-likeness (QED) is 0.212. The smallest absolute Gasteiger partial charge is 0.0485 e. The molecular weight excluding hydrogens is 417 g/mol. The molecule has 0 aliphatic carbocycles. The Hall–Kier alpha value is -0.680. The van der Waals surface area contributed by atoms with Gasteiger partial charge in [0, 0.05) is 18.8 Å². The molecule has 4 aromatic rings. The minimum atomic E-state index is 1.29. The Morgan fingerprint density at radius 1 is 0.571 bits per heavy atom. The van der Waals surface area contributed by atoms with E-state index in [-0.39, 0.29) is 0 Å². The monoisotopic (exact) mass is 448 g/mol. The summed E-state index contributed by atoms with van der Waals surface area (Å²) in [6.07, 6.45) is 13.5. The Bertz CT molecular complexity index is 824. The molecular formula is C24H32S4. The molecule has 0 unspecified atom stereocenters. The van der Waals surface area contributed by atoms with Crippen molar-refractivity contribution in [3.05, 3.63) is 44.8 Å². The molecule has 4 heterocycles. The van der Waals surface area contributed by atoms with Crippen molar-refractivity contribution in [3.8, 4) is 0 Å². The summed E-state index contributed by atoms with van der Waals surface area (Å²) < 4.78 is 6.01. The number of hydrogen-bond donors (Lipinski definition) is 0. The molecule has 0 spiro atoms. The van der Waals surface area contributed by atoms with Gasteiger partial charge < -0.3 is 0 Å². The van der Waals surface area contributed by atoms with Gasteiger partial charge in [-0.25, -0.2) is 0 Å². The normalized spacial score (nSPS) is 11.2. The standard InChI is InChI=1S/C18H28S2.C6H4S2/c1-3-5-7-9-11-15-13-19-18-16(14-20-17(15)18)12-10-8-6-4-2;1-3-7-6-2-4-8-5(1)6/h13-14H,3-12H2,1-2H3;1-4H. The van der Waals surface area contributed by atoms with Gasteiger partial charge in [-0.05, 0) is 70.5 Å². The van der Waals surface area contributed by atoms with Crippen molar-refractivity contribution in [2.75, 3.05) is 0 Å². The third kappa shape index (κ3) is 6.16. The minimum Gasteiger partial charge on any atom is -0.143 e. The Kier molecular flexibility index (Phi) is 9.53. The average molecular weight is 449 g/mol. The van der Waals surface area contributed by atoms with Gasteiger partial charge in [0.05, 0.1) is 0 Å². The summed E-state index contributed by atoms with van der Waals surface area (Å²) in [5.41, 5.74) is 3.23. The largest absolute Gasteiger partial charge is 0.143 e. The van der Waals surface area contributed by atoms with Gasteiger partial charge in [0.15, 0.2) is 0 Å². The topological polar surface area (TPSA) is 0 Å². The first-order chi connectivity index (χ1) is 13.8. The molecule has 4 rings (SSSR count). The summed E-state index contributed by atoms with van der Waals surface area (Å²) >= 11 is 7.58. The number of thiophene rings is 4. The Labute approximate surface area is 186 Å². The minimum absolute atomic E-state index is 1.29. The van der Waals surface area contributed by atoms with Crippen molar-refractivity contribution >= 4 is 64.1 Å². The predicted molar refractivity (Wildman–Crippen MR) is 135 cm³/mol. The van der Waals surface area contributed by atoms with E-state index in [1.54, 1.807) is 43.2 Å². The second-order valence-corrected chi connectivity index (χ2v) is 11.0. The van der Waals surface area contributed by atoms with E-state index >= 15 is 0 Å². The summed E-state index contributed by atoms with van der Waals surface area (Å²) in [6, 6.07) is 4.31. The number of unbranched alkanes of at least 4 members (excludes halogenated alkanes) is 6. The third-order valence-corrected chi connectivity index (χ3v) is 9.33. The summed E-state index contributed by atoms with van der Waals surface area (Å²) in [4.78, 5) is 0. The maximum atomic E-state index is 2.42. The molecule has 0 bridgehead atoms. The summed E-state index contributed by atoms with van der Waals surface area (Å²) in [6.45, 7) is 4.57. The maximum Gasteiger partial charge on any atom is 0.0485 e. The van der Waals surface area contributed by atoms with Crippen LogP contribution in [0.4, 0.5) is 0 Å². The Morgan fingerprint density at radius 3 is 1.46 bits per heavy atom. The van der Waals surface area contributed by atoms with Crippen LogP contribution in [0.3, 0.4) is 0 Å². The van der Waals surface area contributed by atoms with E-state index in [0.717, 1.165) is 0 Å². The fraction of sp³-hybridized carbons (Fsp3) is 0.500. The molecule has 4 heteroatoms. The second-order valence-electron chi connectivity index (χ2n) is 7.37. The van der Waals surface area contributed by atoms with Crippen molar-refractivity contribution < 1.29 is 0 Å². The van der Waals surface area contributed by atoms with E-state index in [9.17, 15) is 0 Å². The van der Waals surface area contributed by atoms with Crippen LogP contribution in [-0.2, 0) is 12.8 Å². The molecule has 0 N–H and O–H groups in total. The molecule has 0 amide bonds. The van der Waals surface area contributed by atoms with Crippen molar-refractivity contribution in [1.29, 1.82) is 0 Å². The van der Waals surface area contributed by atoms with E-state index in [4.69, 9.17) is 0 Å². The van der Waals surface area contributed by atoms with Gasteiger partial charge in [0.25, 0.3) is 0 Å². The average Bonchev–Trinajstić information content (AvgIpc) is 3.46. The first-order valence-electron chi connectivity index (χ1n) is 10.7. The first kappa shape index (κ1) is 22.0. The fourth-order valence-corrected chi connectivity index (χ4v) is 7.80. The van der Waals surface area contributed by atoms with Gasteiger partial charge in [-0.3, -0.25) is 0 Å². The van der Waals surface area contributed by atoms with Gasteiger partial charge in [-0.2, -0.15) is 0 Å². The SMILES string of the molecule is CCCCCCc1csc2c(CCCCCC)csc12.c1cc2sccc2s1. The van der Waals surface area contributed by atoms with Crippen LogP contribution in [-0.4, -0.2) is 0 Å². The summed E-state index contributed by atoms with van der Waals surface area (Å²) in [5, 5.41) is 9.09. The lowest BCUT2D eigenvalue weighted by molar-refractivity contribution is 0.668. The molecule has 152 valence electrons. The Morgan fingerprint density at radius 2 is 1.04 bits per heavy atom. The lowest BCUT2D eigenvalue weighted by Gasteiger charge is -1.98. The molecule has 0 atom stereocenters. The molecule has 0 radical (unpaired) electrons. The van der Waals surface area contributed by atoms with Crippen LogP contribution in [0.25, 0.3) is 18.8 Å². The van der Waals surface area contributed by atoms with E-state index < -0.39 is 0 Å². The number of fused-ring (bicyclic) bond motifs is 2. The molecule has 0 aliphatic heterocycles. The molecule has 0 aliphatic rings. The van der Waals surface area contributed by atoms with Crippen LogP contribution in [0.15, 0.2) is 33.7 Å². The van der Waals surface area contributed by atoms with E-state index in [0.29, 0.717) is 0 Å². The maximum absolute atomic E-state index is 2.42. The molecule has 0 nitrogen and oxygen atoms in total. The highest BCUT2D eigenvalue weighted by Gasteiger charge is 2.10. The van der Waals surface area contributed by atoms with E-state index in [2.05, 4.69) is 47.5 Å². The molecule has 0 fully saturated rings. The van der Waals surface area contributed by atoms with Gasteiger partial charge in [-0.1, -0.05) is 52.4 Å². The fourth-order valence-electron chi connectivity index (χ4n) is 3.44. The van der Waals surface area contributed by atoms with Crippen molar-refractivity contribution in [2.45, 2.75) is 78.1 Å². The highest BCUT2D eigenvalue weighted by atomic mass is 32.1. The van der Waals surface area contributed by atoms with Crippen LogP contribution in [0.5, 0.6) is 0 Å². The van der Waals surface area contributed by atoms with Crippen LogP contribution < -0.4 is 0 Å². The first-order valence-corrected chi connectivity index (χ1v) is 14.2. The van der Waals surface area contributed by atoms with Crippen molar-refractivity contribution in [2.24, 2.45) is 0 Å². The second kappa shape index (κ2) is 12.1. The number of rotatable bonds is 10. The van der Waals surface area contributed by atoms with Crippen molar-refractivity contribution in [1.82, 2.24) is 0 Å². The molecule has 0 saturated heterocycles. The number of aryl methyl sites for hydroxylation is 2. The highest BCUT2D eigenvalue weighted by molar-refractivity contribution is 7.26. The van der Waals surface area contributed by atoms with Gasteiger partial charge >= 0.3 is 0 Å².